The van der Waals surface area contributed by atoms with Gasteiger partial charge >= 0.3 is 6.09 Å². The van der Waals surface area contributed by atoms with E-state index in [2.05, 4.69) is 15.5 Å². The van der Waals surface area contributed by atoms with Crippen molar-refractivity contribution in [2.75, 3.05) is 39.8 Å². The lowest BCUT2D eigenvalue weighted by molar-refractivity contribution is -0.131. The zero-order valence-electron chi connectivity index (χ0n) is 22.4. The highest BCUT2D eigenvalue weighted by molar-refractivity contribution is 6.06. The maximum atomic E-state index is 13.2. The summed E-state index contributed by atoms with van der Waals surface area (Å²) in [5.41, 5.74) is 1.66. The molecule has 2 heterocycles. The minimum atomic E-state index is -0.589. The lowest BCUT2D eigenvalue weighted by atomic mass is 10.1. The van der Waals surface area contributed by atoms with Crippen molar-refractivity contribution in [1.82, 2.24) is 25.3 Å². The van der Waals surface area contributed by atoms with Gasteiger partial charge in [-0.15, -0.1) is 0 Å². The molecule has 4 rings (SSSR count). The van der Waals surface area contributed by atoms with Gasteiger partial charge in [-0.1, -0.05) is 18.2 Å². The first-order chi connectivity index (χ1) is 18.6. The van der Waals surface area contributed by atoms with Crippen molar-refractivity contribution in [3.05, 3.63) is 59.0 Å². The summed E-state index contributed by atoms with van der Waals surface area (Å²) < 4.78 is 24.2. The number of ether oxygens (including phenoxy) is 2. The molecule has 1 saturated heterocycles. The molecule has 0 unspecified atom stereocenters. The molecule has 2 aromatic carbocycles. The van der Waals surface area contributed by atoms with E-state index in [1.807, 2.05) is 0 Å². The molecule has 1 aliphatic rings. The molecular weight excluding hydrogens is 505 g/mol. The Bertz CT molecular complexity index is 1390. The average molecular weight is 538 g/mol. The molecule has 0 bridgehead atoms. The predicted molar refractivity (Wildman–Crippen MR) is 145 cm³/mol. The number of H-pyrrole nitrogens is 1. The Morgan fingerprint density at radius 3 is 2.33 bits per heavy atom. The Morgan fingerprint density at radius 1 is 1.03 bits per heavy atom. The highest BCUT2D eigenvalue weighted by Crippen LogP contribution is 2.32. The topological polar surface area (TPSA) is 117 Å². The van der Waals surface area contributed by atoms with Gasteiger partial charge in [-0.25, -0.2) is 9.18 Å². The largest absolute Gasteiger partial charge is 0.495 e. The molecule has 0 spiro atoms. The summed E-state index contributed by atoms with van der Waals surface area (Å²) in [5.74, 6) is -0.727. The van der Waals surface area contributed by atoms with Gasteiger partial charge in [-0.3, -0.25) is 14.7 Å². The Morgan fingerprint density at radius 2 is 1.69 bits per heavy atom. The minimum Gasteiger partial charge on any atom is -0.495 e. The summed E-state index contributed by atoms with van der Waals surface area (Å²) in [4.78, 5) is 41.2. The van der Waals surface area contributed by atoms with Crippen molar-refractivity contribution in [3.63, 3.8) is 0 Å². The van der Waals surface area contributed by atoms with Crippen LogP contribution < -0.4 is 10.1 Å². The number of aromatic amines is 1. The van der Waals surface area contributed by atoms with Crippen molar-refractivity contribution >= 4 is 41.0 Å². The van der Waals surface area contributed by atoms with Gasteiger partial charge in [-0.05, 0) is 56.7 Å². The summed E-state index contributed by atoms with van der Waals surface area (Å²) >= 11 is 0. The maximum Gasteiger partial charge on any atom is 0.410 e. The average Bonchev–Trinajstić information content (AvgIpc) is 3.33. The van der Waals surface area contributed by atoms with Gasteiger partial charge in [0, 0.05) is 26.2 Å². The van der Waals surface area contributed by atoms with E-state index < -0.39 is 17.6 Å². The second-order valence-electron chi connectivity index (χ2n) is 10.1. The first-order valence-electron chi connectivity index (χ1n) is 12.6. The van der Waals surface area contributed by atoms with Crippen molar-refractivity contribution in [2.24, 2.45) is 0 Å². The number of hydrogen-bond acceptors (Lipinski definition) is 6. The summed E-state index contributed by atoms with van der Waals surface area (Å²) in [6.07, 6.45) is 3.12. The molecule has 206 valence electrons. The first-order valence-corrected chi connectivity index (χ1v) is 12.6. The SMILES string of the molecule is COc1c(C(=O)NCC(=O)N2CCN(C(=O)OC(C)(C)C)CC2)ccc2[nH]nc(C=Cc3ccc(F)cc3)c12. The number of piperazine rings is 1. The van der Waals surface area contributed by atoms with E-state index in [0.717, 1.165) is 5.56 Å². The number of carbonyl (C=O) groups is 3. The fourth-order valence-electron chi connectivity index (χ4n) is 4.19. The van der Waals surface area contributed by atoms with Gasteiger partial charge in [0.15, 0.2) is 0 Å². The molecule has 1 fully saturated rings. The second kappa shape index (κ2) is 11.5. The summed E-state index contributed by atoms with van der Waals surface area (Å²) in [6, 6.07) is 9.34. The van der Waals surface area contributed by atoms with Crippen molar-refractivity contribution in [2.45, 2.75) is 26.4 Å². The Hall–Kier alpha value is -4.41. The van der Waals surface area contributed by atoms with Crippen LogP contribution in [0.25, 0.3) is 23.1 Å². The van der Waals surface area contributed by atoms with Gasteiger partial charge in [0.05, 0.1) is 35.8 Å². The summed E-state index contributed by atoms with van der Waals surface area (Å²) in [5, 5.41) is 10.5. The van der Waals surface area contributed by atoms with Crippen LogP contribution in [0.4, 0.5) is 9.18 Å². The smallest absolute Gasteiger partial charge is 0.410 e. The number of nitrogens with zero attached hydrogens (tertiary/aromatic N) is 3. The highest BCUT2D eigenvalue weighted by Gasteiger charge is 2.28. The van der Waals surface area contributed by atoms with Crippen LogP contribution in [0, 0.1) is 5.82 Å². The van der Waals surface area contributed by atoms with Gasteiger partial charge in [0.2, 0.25) is 5.91 Å². The molecule has 0 aliphatic carbocycles. The van der Waals surface area contributed by atoms with E-state index in [1.165, 1.54) is 19.2 Å². The number of methoxy groups -OCH3 is 1. The normalized spacial score (nSPS) is 14.1. The molecule has 39 heavy (non-hydrogen) atoms. The molecule has 2 N–H and O–H groups in total. The molecule has 0 atom stereocenters. The standard InChI is InChI=1S/C28H32FN5O5/c1-28(2,3)39-27(37)34-15-13-33(14-16-34)23(35)17-30-26(36)20-10-12-22-24(25(20)38-4)21(31-32-22)11-7-18-5-8-19(29)9-6-18/h5-12H,13-17H2,1-4H3,(H,30,36)(H,31,32). The van der Waals surface area contributed by atoms with E-state index in [4.69, 9.17) is 9.47 Å². The predicted octanol–water partition coefficient (Wildman–Crippen LogP) is 3.69. The monoisotopic (exact) mass is 537 g/mol. The molecule has 3 aromatic rings. The number of hydrogen-bond donors (Lipinski definition) is 2. The molecule has 11 heteroatoms. The van der Waals surface area contributed by atoms with E-state index in [9.17, 15) is 18.8 Å². The van der Waals surface area contributed by atoms with Gasteiger partial charge in [-0.2, -0.15) is 5.10 Å². The number of fused-ring (bicyclic) bond motifs is 1. The van der Waals surface area contributed by atoms with Gasteiger partial charge in [0.1, 0.15) is 17.2 Å². The van der Waals surface area contributed by atoms with Crippen molar-refractivity contribution < 1.29 is 28.2 Å². The number of aromatic nitrogens is 2. The van der Waals surface area contributed by atoms with Crippen molar-refractivity contribution in [1.29, 1.82) is 0 Å². The molecule has 3 amide bonds. The number of rotatable bonds is 6. The molecule has 0 radical (unpaired) electrons. The zero-order valence-corrected chi connectivity index (χ0v) is 22.4. The van der Waals surface area contributed by atoms with Gasteiger partial charge < -0.3 is 24.6 Å². The van der Waals surface area contributed by atoms with Crippen LogP contribution in [0.1, 0.15) is 42.4 Å². The molecule has 10 nitrogen and oxygen atoms in total. The third-order valence-corrected chi connectivity index (χ3v) is 6.15. The van der Waals surface area contributed by atoms with E-state index in [1.54, 1.807) is 67.0 Å². The number of benzene rings is 2. The first kappa shape index (κ1) is 27.6. The maximum absolute atomic E-state index is 13.2. The fourth-order valence-corrected chi connectivity index (χ4v) is 4.19. The van der Waals surface area contributed by atoms with Crippen LogP contribution in [0.15, 0.2) is 36.4 Å². The number of amides is 3. The van der Waals surface area contributed by atoms with Crippen LogP contribution in [0.3, 0.4) is 0 Å². The van der Waals surface area contributed by atoms with E-state index in [0.29, 0.717) is 48.5 Å². The van der Waals surface area contributed by atoms with E-state index >= 15 is 0 Å². The van der Waals surface area contributed by atoms with Crippen LogP contribution >= 0.6 is 0 Å². The summed E-state index contributed by atoms with van der Waals surface area (Å²) in [6.45, 7) is 6.62. The Labute approximate surface area is 225 Å². The van der Waals surface area contributed by atoms with Crippen molar-refractivity contribution in [3.8, 4) is 5.75 Å². The third-order valence-electron chi connectivity index (χ3n) is 6.15. The van der Waals surface area contributed by atoms with E-state index in [-0.39, 0.29) is 23.8 Å². The lowest BCUT2D eigenvalue weighted by Crippen LogP contribution is -2.53. The van der Waals surface area contributed by atoms with Crippen LogP contribution in [-0.2, 0) is 9.53 Å². The zero-order chi connectivity index (χ0) is 28.2. The highest BCUT2D eigenvalue weighted by atomic mass is 19.1. The van der Waals surface area contributed by atoms with Gasteiger partial charge in [0.25, 0.3) is 5.91 Å². The third kappa shape index (κ3) is 6.73. The molecule has 1 aliphatic heterocycles. The number of halogens is 1. The molecule has 1 aromatic heterocycles. The fraction of sp³-hybridized carbons (Fsp3) is 0.357. The van der Waals surface area contributed by atoms with Crippen LogP contribution in [0.5, 0.6) is 5.75 Å². The molecule has 0 saturated carbocycles. The van der Waals surface area contributed by atoms with Crippen LogP contribution in [-0.4, -0.2) is 83.3 Å². The number of nitrogens with one attached hydrogen (secondary N) is 2. The lowest BCUT2D eigenvalue weighted by Gasteiger charge is -2.35. The Kier molecular flexibility index (Phi) is 8.18. The second-order valence-corrected chi connectivity index (χ2v) is 10.1. The minimum absolute atomic E-state index is 0.199. The number of carbonyl (C=O) groups excluding carboxylic acids is 3. The summed E-state index contributed by atoms with van der Waals surface area (Å²) in [7, 11) is 1.46. The molecular formula is C28H32FN5O5. The quantitative estimate of drug-likeness (QED) is 0.496. The Balaban J connectivity index is 1.40. The van der Waals surface area contributed by atoms with Crippen LogP contribution in [0.2, 0.25) is 0 Å².